The van der Waals surface area contributed by atoms with Gasteiger partial charge in [0.2, 0.25) is 0 Å². The molecule has 3 heteroatoms. The quantitative estimate of drug-likeness (QED) is 0.465. The smallest absolute Gasteiger partial charge is 0.192 e. The van der Waals surface area contributed by atoms with Crippen LogP contribution in [0.3, 0.4) is 0 Å². The van der Waals surface area contributed by atoms with E-state index < -0.39 is 8.32 Å². The Hall–Kier alpha value is -1.16. The van der Waals surface area contributed by atoms with Crippen molar-refractivity contribution >= 4 is 8.32 Å². The van der Waals surface area contributed by atoms with Crippen molar-refractivity contribution in [3.05, 3.63) is 61.2 Å². The van der Waals surface area contributed by atoms with Gasteiger partial charge in [0.05, 0.1) is 12.7 Å². The molecule has 0 aliphatic heterocycles. The third-order valence-corrected chi connectivity index (χ3v) is 8.84. The molecule has 0 amide bonds. The van der Waals surface area contributed by atoms with E-state index in [4.69, 9.17) is 9.16 Å². The van der Waals surface area contributed by atoms with Gasteiger partial charge in [-0.1, -0.05) is 63.3 Å². The summed E-state index contributed by atoms with van der Waals surface area (Å²) in [5, 5.41) is 0.190. The predicted molar refractivity (Wildman–Crippen MR) is 97.6 cm³/mol. The summed E-state index contributed by atoms with van der Waals surface area (Å²) in [4.78, 5) is 0. The zero-order valence-electron chi connectivity index (χ0n) is 14.6. The molecule has 1 rings (SSSR count). The maximum atomic E-state index is 6.24. The van der Waals surface area contributed by atoms with Crippen molar-refractivity contribution in [2.45, 2.75) is 51.1 Å². The molecule has 1 aromatic rings. The lowest BCUT2D eigenvalue weighted by Crippen LogP contribution is -2.42. The van der Waals surface area contributed by atoms with Crippen molar-refractivity contribution in [2.75, 3.05) is 6.61 Å². The largest absolute Gasteiger partial charge is 0.414 e. The summed E-state index contributed by atoms with van der Waals surface area (Å²) in [6.07, 6.45) is 3.34. The van der Waals surface area contributed by atoms with Crippen LogP contribution in [0.4, 0.5) is 0 Å². The SMILES string of the molecule is C=C[C@H](CO[Si](C)(C)C(C)(C)C)O[C@@H](C=C)c1ccccc1. The van der Waals surface area contributed by atoms with Crippen LogP contribution in [0.2, 0.25) is 18.1 Å². The molecule has 122 valence electrons. The number of rotatable bonds is 8. The molecule has 0 aliphatic rings. The van der Waals surface area contributed by atoms with Crippen LogP contribution in [-0.4, -0.2) is 21.0 Å². The van der Waals surface area contributed by atoms with Gasteiger partial charge in [0, 0.05) is 0 Å². The zero-order chi connectivity index (χ0) is 16.8. The summed E-state index contributed by atoms with van der Waals surface area (Å²) in [5.74, 6) is 0. The highest BCUT2D eigenvalue weighted by molar-refractivity contribution is 6.74. The average Bonchev–Trinajstić information content (AvgIpc) is 2.47. The summed E-state index contributed by atoms with van der Waals surface area (Å²) in [6, 6.07) is 10.1. The Labute approximate surface area is 137 Å². The van der Waals surface area contributed by atoms with Gasteiger partial charge in [0.15, 0.2) is 8.32 Å². The van der Waals surface area contributed by atoms with Gasteiger partial charge >= 0.3 is 0 Å². The Bertz CT molecular complexity index is 474. The molecule has 0 aliphatic carbocycles. The molecule has 0 N–H and O–H groups in total. The fraction of sp³-hybridized carbons (Fsp3) is 0.474. The first-order chi connectivity index (χ1) is 10.2. The molecule has 0 heterocycles. The Morgan fingerprint density at radius 1 is 1.09 bits per heavy atom. The third kappa shape index (κ3) is 5.23. The number of benzene rings is 1. The van der Waals surface area contributed by atoms with Crippen LogP contribution < -0.4 is 0 Å². The first-order valence-electron chi connectivity index (χ1n) is 7.80. The Balaban J connectivity index is 2.69. The van der Waals surface area contributed by atoms with Gasteiger partial charge < -0.3 is 9.16 Å². The molecule has 0 saturated carbocycles. The van der Waals surface area contributed by atoms with Gasteiger partial charge in [-0.3, -0.25) is 0 Å². The molecule has 2 nitrogen and oxygen atoms in total. The van der Waals surface area contributed by atoms with Gasteiger partial charge in [-0.2, -0.15) is 0 Å². The van der Waals surface area contributed by atoms with E-state index in [9.17, 15) is 0 Å². The van der Waals surface area contributed by atoms with Crippen molar-refractivity contribution < 1.29 is 9.16 Å². The van der Waals surface area contributed by atoms with Crippen LogP contribution >= 0.6 is 0 Å². The van der Waals surface area contributed by atoms with Crippen LogP contribution in [0.1, 0.15) is 32.4 Å². The molecule has 0 unspecified atom stereocenters. The fourth-order valence-electron chi connectivity index (χ4n) is 1.77. The normalized spacial score (nSPS) is 15.1. The molecule has 1 aromatic carbocycles. The van der Waals surface area contributed by atoms with Crippen LogP contribution in [0.5, 0.6) is 0 Å². The second-order valence-electron chi connectivity index (χ2n) is 7.05. The van der Waals surface area contributed by atoms with Gasteiger partial charge in [-0.05, 0) is 23.7 Å². The van der Waals surface area contributed by atoms with Crippen molar-refractivity contribution in [2.24, 2.45) is 0 Å². The molecule has 0 spiro atoms. The summed E-state index contributed by atoms with van der Waals surface area (Å²) >= 11 is 0. The lowest BCUT2D eigenvalue weighted by molar-refractivity contribution is 0.0111. The van der Waals surface area contributed by atoms with Crippen LogP contribution in [0.25, 0.3) is 0 Å². The average molecular weight is 319 g/mol. The molecular formula is C19H30O2Si. The van der Waals surface area contributed by atoms with E-state index >= 15 is 0 Å². The van der Waals surface area contributed by atoms with E-state index in [0.29, 0.717) is 6.61 Å². The monoisotopic (exact) mass is 318 g/mol. The number of hydrogen-bond acceptors (Lipinski definition) is 2. The van der Waals surface area contributed by atoms with Gasteiger partial charge in [0.1, 0.15) is 6.10 Å². The first-order valence-corrected chi connectivity index (χ1v) is 10.7. The van der Waals surface area contributed by atoms with Crippen molar-refractivity contribution in [1.29, 1.82) is 0 Å². The maximum Gasteiger partial charge on any atom is 0.192 e. The third-order valence-electron chi connectivity index (χ3n) is 4.34. The van der Waals surface area contributed by atoms with E-state index in [1.165, 1.54) is 0 Å². The molecule has 0 aromatic heterocycles. The minimum atomic E-state index is -1.78. The molecule has 0 fully saturated rings. The van der Waals surface area contributed by atoms with Crippen LogP contribution in [0.15, 0.2) is 55.6 Å². The van der Waals surface area contributed by atoms with Crippen LogP contribution in [0, 0.1) is 0 Å². The molecular weight excluding hydrogens is 288 g/mol. The minimum Gasteiger partial charge on any atom is -0.414 e. The van der Waals surface area contributed by atoms with E-state index in [2.05, 4.69) is 47.0 Å². The fourth-order valence-corrected chi connectivity index (χ4v) is 2.79. The molecule has 0 bridgehead atoms. The van der Waals surface area contributed by atoms with Crippen LogP contribution in [-0.2, 0) is 9.16 Å². The summed E-state index contributed by atoms with van der Waals surface area (Å²) in [5.41, 5.74) is 1.09. The molecule has 22 heavy (non-hydrogen) atoms. The molecule has 2 atom stereocenters. The highest BCUT2D eigenvalue weighted by Gasteiger charge is 2.37. The summed E-state index contributed by atoms with van der Waals surface area (Å²) < 4.78 is 12.3. The number of ether oxygens (including phenoxy) is 1. The Kier molecular flexibility index (Phi) is 6.79. The Morgan fingerprint density at radius 3 is 2.14 bits per heavy atom. The van der Waals surface area contributed by atoms with Gasteiger partial charge in [0.25, 0.3) is 0 Å². The van der Waals surface area contributed by atoms with Crippen molar-refractivity contribution in [3.8, 4) is 0 Å². The van der Waals surface area contributed by atoms with Crippen molar-refractivity contribution in [1.82, 2.24) is 0 Å². The summed E-state index contributed by atoms with van der Waals surface area (Å²) in [7, 11) is -1.78. The highest BCUT2D eigenvalue weighted by atomic mass is 28.4. The zero-order valence-corrected chi connectivity index (χ0v) is 15.6. The van der Waals surface area contributed by atoms with Gasteiger partial charge in [-0.25, -0.2) is 0 Å². The van der Waals surface area contributed by atoms with E-state index in [1.807, 2.05) is 42.5 Å². The topological polar surface area (TPSA) is 18.5 Å². The van der Waals surface area contributed by atoms with Crippen molar-refractivity contribution in [3.63, 3.8) is 0 Å². The van der Waals surface area contributed by atoms with Gasteiger partial charge in [-0.15, -0.1) is 13.2 Å². The lowest BCUT2D eigenvalue weighted by Gasteiger charge is -2.37. The predicted octanol–water partition coefficient (Wildman–Crippen LogP) is 5.51. The lowest BCUT2D eigenvalue weighted by atomic mass is 10.1. The summed E-state index contributed by atoms with van der Waals surface area (Å²) in [6.45, 7) is 19.5. The number of hydrogen-bond donors (Lipinski definition) is 0. The first kappa shape index (κ1) is 18.9. The highest BCUT2D eigenvalue weighted by Crippen LogP contribution is 2.36. The minimum absolute atomic E-state index is 0.141. The second kappa shape index (κ2) is 7.91. The second-order valence-corrected chi connectivity index (χ2v) is 11.9. The van der Waals surface area contributed by atoms with E-state index in [-0.39, 0.29) is 17.2 Å². The molecule has 0 saturated heterocycles. The van der Waals surface area contributed by atoms with E-state index in [1.54, 1.807) is 0 Å². The maximum absolute atomic E-state index is 6.24. The van der Waals surface area contributed by atoms with E-state index in [0.717, 1.165) is 5.56 Å². The Morgan fingerprint density at radius 2 is 1.68 bits per heavy atom. The standard InChI is InChI=1S/C19H30O2Si/c1-8-17(15-20-22(6,7)19(3,4)5)21-18(9-2)16-13-11-10-12-14-16/h8-14,17-18H,1-2,15H2,3-7H3/t17-,18+/m1/s1. The molecule has 0 radical (unpaired) electrons.